The molecule has 0 radical (unpaired) electrons. The zero-order valence-corrected chi connectivity index (χ0v) is 12.2. The Bertz CT molecular complexity index is 876. The molecule has 0 bridgehead atoms. The lowest BCUT2D eigenvalue weighted by Crippen LogP contribution is -2.12. The molecule has 0 unspecified atom stereocenters. The van der Waals surface area contributed by atoms with E-state index in [9.17, 15) is 9.59 Å². The summed E-state index contributed by atoms with van der Waals surface area (Å²) in [5.41, 5.74) is 3.10. The fourth-order valence-corrected chi connectivity index (χ4v) is 2.13. The summed E-state index contributed by atoms with van der Waals surface area (Å²) in [5.74, 6) is -0.796. The number of H-pyrrole nitrogens is 1. The van der Waals surface area contributed by atoms with Crippen LogP contribution in [-0.4, -0.2) is 25.0 Å². The van der Waals surface area contributed by atoms with E-state index in [4.69, 9.17) is 4.42 Å². The van der Waals surface area contributed by atoms with E-state index in [0.29, 0.717) is 22.4 Å². The number of hydrogen-bond donors (Lipinski definition) is 2. The summed E-state index contributed by atoms with van der Waals surface area (Å²) in [4.78, 5) is 27.9. The molecule has 0 saturated carbocycles. The highest BCUT2D eigenvalue weighted by molar-refractivity contribution is 6.05. The van der Waals surface area contributed by atoms with Crippen molar-refractivity contribution in [1.82, 2.24) is 4.98 Å². The molecule has 2 aromatic carbocycles. The van der Waals surface area contributed by atoms with Gasteiger partial charge in [-0.3, -0.25) is 9.78 Å². The van der Waals surface area contributed by atoms with Gasteiger partial charge in [0.25, 0.3) is 5.91 Å². The minimum Gasteiger partial charge on any atom is -0.408 e. The van der Waals surface area contributed by atoms with Crippen LogP contribution < -0.4 is 16.0 Å². The predicted molar refractivity (Wildman–Crippen MR) is 85.6 cm³/mol. The molecule has 6 heteroatoms. The van der Waals surface area contributed by atoms with Crippen LogP contribution >= 0.6 is 0 Å². The summed E-state index contributed by atoms with van der Waals surface area (Å²) in [6.45, 7) is 0. The van der Waals surface area contributed by atoms with Crippen molar-refractivity contribution < 1.29 is 9.21 Å². The van der Waals surface area contributed by atoms with Gasteiger partial charge in [0.2, 0.25) is 0 Å². The van der Waals surface area contributed by atoms with E-state index in [-0.39, 0.29) is 5.91 Å². The summed E-state index contributed by atoms with van der Waals surface area (Å²) in [5, 5.41) is 2.81. The van der Waals surface area contributed by atoms with Crippen LogP contribution in [0.4, 0.5) is 11.4 Å². The number of oxazole rings is 1. The minimum atomic E-state index is -0.535. The third-order valence-electron chi connectivity index (χ3n) is 3.32. The summed E-state index contributed by atoms with van der Waals surface area (Å²) in [6, 6.07) is 12.3. The highest BCUT2D eigenvalue weighted by Crippen LogP contribution is 2.17. The molecule has 0 fully saturated rings. The Balaban J connectivity index is 1.81. The van der Waals surface area contributed by atoms with Gasteiger partial charge in [0.05, 0.1) is 5.52 Å². The van der Waals surface area contributed by atoms with Crippen LogP contribution in [0.25, 0.3) is 11.1 Å². The molecule has 1 aromatic heterocycles. The number of hydrogen-bond acceptors (Lipinski definition) is 4. The first-order valence-corrected chi connectivity index (χ1v) is 6.74. The second-order valence-electron chi connectivity index (χ2n) is 5.12. The van der Waals surface area contributed by atoms with Gasteiger partial charge < -0.3 is 14.6 Å². The first kappa shape index (κ1) is 13.9. The van der Waals surface area contributed by atoms with E-state index >= 15 is 0 Å². The normalized spacial score (nSPS) is 10.6. The van der Waals surface area contributed by atoms with Crippen LogP contribution in [-0.2, 0) is 0 Å². The van der Waals surface area contributed by atoms with Gasteiger partial charge in [-0.05, 0) is 42.5 Å². The molecule has 22 heavy (non-hydrogen) atoms. The van der Waals surface area contributed by atoms with Gasteiger partial charge in [0.15, 0.2) is 5.58 Å². The van der Waals surface area contributed by atoms with Gasteiger partial charge in [0.1, 0.15) is 0 Å². The van der Waals surface area contributed by atoms with Gasteiger partial charge >= 0.3 is 5.76 Å². The quantitative estimate of drug-likeness (QED) is 0.778. The molecular formula is C16H15N3O3. The number of amides is 1. The van der Waals surface area contributed by atoms with E-state index in [0.717, 1.165) is 5.69 Å². The molecule has 2 N–H and O–H groups in total. The van der Waals surface area contributed by atoms with E-state index in [1.165, 1.54) is 6.07 Å². The van der Waals surface area contributed by atoms with Gasteiger partial charge in [-0.2, -0.15) is 0 Å². The summed E-state index contributed by atoms with van der Waals surface area (Å²) >= 11 is 0. The minimum absolute atomic E-state index is 0.261. The number of fused-ring (bicyclic) bond motifs is 1. The molecule has 0 atom stereocenters. The lowest BCUT2D eigenvalue weighted by molar-refractivity contribution is 0.102. The first-order valence-electron chi connectivity index (χ1n) is 6.74. The lowest BCUT2D eigenvalue weighted by atomic mass is 10.2. The average Bonchev–Trinajstić information content (AvgIpc) is 2.86. The van der Waals surface area contributed by atoms with E-state index < -0.39 is 5.76 Å². The molecule has 0 saturated heterocycles. The summed E-state index contributed by atoms with van der Waals surface area (Å²) in [7, 11) is 3.90. The Hall–Kier alpha value is -3.02. The Morgan fingerprint density at radius 2 is 1.86 bits per heavy atom. The summed E-state index contributed by atoms with van der Waals surface area (Å²) in [6.07, 6.45) is 0. The number of carbonyl (C=O) groups excluding carboxylic acids is 1. The number of aromatic amines is 1. The molecule has 0 aliphatic rings. The van der Waals surface area contributed by atoms with Crippen molar-refractivity contribution in [1.29, 1.82) is 0 Å². The monoisotopic (exact) mass is 297 g/mol. The Morgan fingerprint density at radius 3 is 2.55 bits per heavy atom. The SMILES string of the molecule is CN(C)c1ccc(NC(=O)c2ccc3[nH]c(=O)oc3c2)cc1. The Labute approximate surface area is 126 Å². The van der Waals surface area contributed by atoms with Crippen LogP contribution in [0.3, 0.4) is 0 Å². The molecule has 3 rings (SSSR count). The van der Waals surface area contributed by atoms with Gasteiger partial charge in [-0.1, -0.05) is 0 Å². The molecule has 3 aromatic rings. The average molecular weight is 297 g/mol. The number of nitrogens with zero attached hydrogens (tertiary/aromatic N) is 1. The molecule has 1 amide bonds. The topological polar surface area (TPSA) is 78.3 Å². The molecule has 0 spiro atoms. The number of carbonyl (C=O) groups is 1. The largest absolute Gasteiger partial charge is 0.417 e. The van der Waals surface area contributed by atoms with Crippen molar-refractivity contribution >= 4 is 28.4 Å². The maximum atomic E-state index is 12.2. The highest BCUT2D eigenvalue weighted by Gasteiger charge is 2.09. The van der Waals surface area contributed by atoms with Gasteiger partial charge in [-0.15, -0.1) is 0 Å². The van der Waals surface area contributed by atoms with Crippen LogP contribution in [0, 0.1) is 0 Å². The number of anilines is 2. The second-order valence-corrected chi connectivity index (χ2v) is 5.12. The predicted octanol–water partition coefficient (Wildman–Crippen LogP) is 2.44. The number of nitrogens with one attached hydrogen (secondary N) is 2. The van der Waals surface area contributed by atoms with Crippen molar-refractivity contribution in [2.24, 2.45) is 0 Å². The highest BCUT2D eigenvalue weighted by atomic mass is 16.4. The third kappa shape index (κ3) is 2.71. The van der Waals surface area contributed by atoms with E-state index in [1.807, 2.05) is 43.3 Å². The Kier molecular flexibility index (Phi) is 3.42. The second kappa shape index (κ2) is 5.40. The summed E-state index contributed by atoms with van der Waals surface area (Å²) < 4.78 is 4.95. The molecule has 1 heterocycles. The number of benzene rings is 2. The first-order chi connectivity index (χ1) is 10.5. The molecule has 6 nitrogen and oxygen atoms in total. The number of rotatable bonds is 3. The third-order valence-corrected chi connectivity index (χ3v) is 3.32. The number of aromatic nitrogens is 1. The van der Waals surface area contributed by atoms with Crippen molar-refractivity contribution in [2.75, 3.05) is 24.3 Å². The lowest BCUT2D eigenvalue weighted by Gasteiger charge is -2.13. The van der Waals surface area contributed by atoms with Crippen molar-refractivity contribution in [3.8, 4) is 0 Å². The van der Waals surface area contributed by atoms with Crippen LogP contribution in [0.2, 0.25) is 0 Å². The maximum absolute atomic E-state index is 12.2. The van der Waals surface area contributed by atoms with E-state index in [2.05, 4.69) is 10.3 Å². The van der Waals surface area contributed by atoms with Crippen LogP contribution in [0.1, 0.15) is 10.4 Å². The molecular weight excluding hydrogens is 282 g/mol. The van der Waals surface area contributed by atoms with Crippen LogP contribution in [0.5, 0.6) is 0 Å². The maximum Gasteiger partial charge on any atom is 0.417 e. The van der Waals surface area contributed by atoms with Crippen molar-refractivity contribution in [3.05, 3.63) is 58.6 Å². The molecule has 0 aliphatic carbocycles. The Morgan fingerprint density at radius 1 is 1.14 bits per heavy atom. The zero-order valence-electron chi connectivity index (χ0n) is 12.2. The zero-order chi connectivity index (χ0) is 15.7. The molecule has 112 valence electrons. The molecule has 0 aliphatic heterocycles. The smallest absolute Gasteiger partial charge is 0.408 e. The van der Waals surface area contributed by atoms with Crippen molar-refractivity contribution in [2.45, 2.75) is 0 Å². The fourth-order valence-electron chi connectivity index (χ4n) is 2.13. The standard InChI is InChI=1S/C16H15N3O3/c1-19(2)12-6-4-11(5-7-12)17-15(20)10-3-8-13-14(9-10)22-16(21)18-13/h3-9H,1-2H3,(H,17,20)(H,18,21). The van der Waals surface area contributed by atoms with E-state index in [1.54, 1.807) is 12.1 Å². The fraction of sp³-hybridized carbons (Fsp3) is 0.125. The van der Waals surface area contributed by atoms with Crippen molar-refractivity contribution in [3.63, 3.8) is 0 Å². The van der Waals surface area contributed by atoms with Crippen LogP contribution in [0.15, 0.2) is 51.7 Å². The van der Waals surface area contributed by atoms with Gasteiger partial charge in [0, 0.05) is 31.0 Å². The van der Waals surface area contributed by atoms with Gasteiger partial charge in [-0.25, -0.2) is 4.79 Å².